The number of hydrogen-bond donors (Lipinski definition) is 1. The van der Waals surface area contributed by atoms with Crippen LogP contribution in [0.3, 0.4) is 0 Å². The molecule has 1 aromatic carbocycles. The summed E-state index contributed by atoms with van der Waals surface area (Å²) >= 11 is 0. The largest absolute Gasteiger partial charge is 0.448 e. The molecule has 0 atom stereocenters. The van der Waals surface area contributed by atoms with Crippen molar-refractivity contribution in [2.45, 2.75) is 51.8 Å². The molecule has 1 aliphatic rings. The standard InChI is InChI=1S/C20H30N2O5/c1-20(2,3)27-19(24)22(17-9-12-25-13-10-17)11-14-26-18(23)21-15-16-7-5-4-6-8-16/h4-8,17H,9-15H2,1-3H3,(H,21,23). The molecule has 27 heavy (non-hydrogen) atoms. The van der Waals surface area contributed by atoms with E-state index in [-0.39, 0.29) is 18.7 Å². The van der Waals surface area contributed by atoms with Gasteiger partial charge in [-0.25, -0.2) is 9.59 Å². The van der Waals surface area contributed by atoms with Crippen molar-refractivity contribution in [2.75, 3.05) is 26.4 Å². The Morgan fingerprint density at radius 2 is 1.85 bits per heavy atom. The summed E-state index contributed by atoms with van der Waals surface area (Å²) in [4.78, 5) is 26.1. The average Bonchev–Trinajstić information content (AvgIpc) is 2.63. The fourth-order valence-electron chi connectivity index (χ4n) is 2.80. The van der Waals surface area contributed by atoms with E-state index in [0.29, 0.717) is 26.3 Å². The van der Waals surface area contributed by atoms with E-state index in [1.807, 2.05) is 51.1 Å². The second-order valence-corrected chi connectivity index (χ2v) is 7.49. The lowest BCUT2D eigenvalue weighted by Gasteiger charge is -2.35. The van der Waals surface area contributed by atoms with Gasteiger partial charge in [-0.3, -0.25) is 0 Å². The maximum Gasteiger partial charge on any atom is 0.410 e. The molecule has 0 bridgehead atoms. The molecule has 1 heterocycles. The first-order chi connectivity index (χ1) is 12.8. The number of nitrogens with one attached hydrogen (secondary N) is 1. The molecular weight excluding hydrogens is 348 g/mol. The second-order valence-electron chi connectivity index (χ2n) is 7.49. The third kappa shape index (κ3) is 7.86. The van der Waals surface area contributed by atoms with Crippen LogP contribution in [0.4, 0.5) is 9.59 Å². The van der Waals surface area contributed by atoms with Crippen molar-refractivity contribution in [3.8, 4) is 0 Å². The molecule has 7 nitrogen and oxygen atoms in total. The van der Waals surface area contributed by atoms with Crippen molar-refractivity contribution in [3.63, 3.8) is 0 Å². The zero-order valence-corrected chi connectivity index (χ0v) is 16.4. The molecule has 2 amide bonds. The highest BCUT2D eigenvalue weighted by molar-refractivity contribution is 5.69. The molecule has 0 spiro atoms. The molecular formula is C20H30N2O5. The number of ether oxygens (including phenoxy) is 3. The molecule has 0 saturated carbocycles. The van der Waals surface area contributed by atoms with Crippen LogP contribution in [0.5, 0.6) is 0 Å². The van der Waals surface area contributed by atoms with Crippen molar-refractivity contribution in [3.05, 3.63) is 35.9 Å². The lowest BCUT2D eigenvalue weighted by atomic mass is 10.1. The van der Waals surface area contributed by atoms with Crippen LogP contribution in [0.25, 0.3) is 0 Å². The van der Waals surface area contributed by atoms with E-state index in [4.69, 9.17) is 14.2 Å². The summed E-state index contributed by atoms with van der Waals surface area (Å²) < 4.78 is 16.1. The Hall–Kier alpha value is -2.28. The lowest BCUT2D eigenvalue weighted by molar-refractivity contribution is -0.0104. The topological polar surface area (TPSA) is 77.1 Å². The van der Waals surface area contributed by atoms with Crippen molar-refractivity contribution in [2.24, 2.45) is 0 Å². The summed E-state index contributed by atoms with van der Waals surface area (Å²) in [6, 6.07) is 9.63. The van der Waals surface area contributed by atoms with Crippen LogP contribution in [0.2, 0.25) is 0 Å². The molecule has 0 radical (unpaired) electrons. The molecule has 1 fully saturated rings. The highest BCUT2D eigenvalue weighted by Gasteiger charge is 2.29. The first kappa shape index (κ1) is 21.0. The van der Waals surface area contributed by atoms with Gasteiger partial charge >= 0.3 is 12.2 Å². The molecule has 7 heteroatoms. The van der Waals surface area contributed by atoms with E-state index in [9.17, 15) is 9.59 Å². The minimum atomic E-state index is -0.575. The maximum atomic E-state index is 12.6. The zero-order chi connectivity index (χ0) is 19.7. The van der Waals surface area contributed by atoms with Crippen LogP contribution < -0.4 is 5.32 Å². The van der Waals surface area contributed by atoms with E-state index < -0.39 is 11.7 Å². The number of carbonyl (C=O) groups is 2. The predicted octanol–water partition coefficient (Wildman–Crippen LogP) is 3.33. The highest BCUT2D eigenvalue weighted by Crippen LogP contribution is 2.18. The quantitative estimate of drug-likeness (QED) is 0.822. The number of rotatable bonds is 6. The number of benzene rings is 1. The Bertz CT molecular complexity index is 594. The van der Waals surface area contributed by atoms with Gasteiger partial charge in [-0.05, 0) is 39.2 Å². The maximum absolute atomic E-state index is 12.6. The molecule has 2 rings (SSSR count). The number of amides is 2. The van der Waals surface area contributed by atoms with Crippen LogP contribution in [0, 0.1) is 0 Å². The first-order valence-electron chi connectivity index (χ1n) is 9.37. The summed E-state index contributed by atoms with van der Waals surface area (Å²) in [6.45, 7) is 7.53. The predicted molar refractivity (Wildman–Crippen MR) is 101 cm³/mol. The third-order valence-electron chi connectivity index (χ3n) is 4.10. The van der Waals surface area contributed by atoms with Gasteiger partial charge in [-0.1, -0.05) is 30.3 Å². The Morgan fingerprint density at radius 3 is 2.48 bits per heavy atom. The van der Waals surface area contributed by atoms with Gasteiger partial charge in [0.1, 0.15) is 12.2 Å². The normalized spacial score (nSPS) is 15.1. The molecule has 1 aliphatic heterocycles. The molecule has 1 aromatic rings. The molecule has 1 N–H and O–H groups in total. The highest BCUT2D eigenvalue weighted by atomic mass is 16.6. The van der Waals surface area contributed by atoms with E-state index in [1.165, 1.54) is 0 Å². The summed E-state index contributed by atoms with van der Waals surface area (Å²) in [5.41, 5.74) is 0.418. The SMILES string of the molecule is CC(C)(C)OC(=O)N(CCOC(=O)NCc1ccccc1)C1CCOCC1. The van der Waals surface area contributed by atoms with Crippen molar-refractivity contribution >= 4 is 12.2 Å². The third-order valence-corrected chi connectivity index (χ3v) is 4.10. The minimum absolute atomic E-state index is 0.0320. The van der Waals surface area contributed by atoms with Crippen LogP contribution in [-0.4, -0.2) is 55.1 Å². The summed E-state index contributed by atoms with van der Waals surface area (Å²) in [5, 5.41) is 2.70. The number of nitrogens with zero attached hydrogens (tertiary/aromatic N) is 1. The number of carbonyl (C=O) groups excluding carboxylic acids is 2. The van der Waals surface area contributed by atoms with E-state index in [1.54, 1.807) is 4.90 Å². The van der Waals surface area contributed by atoms with Gasteiger partial charge in [0.2, 0.25) is 0 Å². The minimum Gasteiger partial charge on any atom is -0.448 e. The fourth-order valence-corrected chi connectivity index (χ4v) is 2.80. The van der Waals surface area contributed by atoms with Crippen LogP contribution in [0.15, 0.2) is 30.3 Å². The van der Waals surface area contributed by atoms with Crippen LogP contribution in [-0.2, 0) is 20.8 Å². The van der Waals surface area contributed by atoms with Crippen LogP contribution >= 0.6 is 0 Å². The molecule has 0 aliphatic carbocycles. The van der Waals surface area contributed by atoms with Crippen molar-refractivity contribution in [1.82, 2.24) is 10.2 Å². The van der Waals surface area contributed by atoms with E-state index in [0.717, 1.165) is 18.4 Å². The van der Waals surface area contributed by atoms with Gasteiger partial charge < -0.3 is 24.4 Å². The van der Waals surface area contributed by atoms with Gasteiger partial charge in [-0.15, -0.1) is 0 Å². The summed E-state index contributed by atoms with van der Waals surface area (Å²) in [5.74, 6) is 0. The molecule has 1 saturated heterocycles. The molecule has 0 aromatic heterocycles. The van der Waals surface area contributed by atoms with Crippen LogP contribution in [0.1, 0.15) is 39.2 Å². The zero-order valence-electron chi connectivity index (χ0n) is 16.4. The van der Waals surface area contributed by atoms with Gasteiger partial charge in [0.15, 0.2) is 0 Å². The molecule has 0 unspecified atom stereocenters. The van der Waals surface area contributed by atoms with Gasteiger partial charge in [0.25, 0.3) is 0 Å². The van der Waals surface area contributed by atoms with E-state index >= 15 is 0 Å². The Labute approximate surface area is 161 Å². The smallest absolute Gasteiger partial charge is 0.410 e. The monoisotopic (exact) mass is 378 g/mol. The van der Waals surface area contributed by atoms with Gasteiger partial charge in [0, 0.05) is 25.8 Å². The van der Waals surface area contributed by atoms with Gasteiger partial charge in [-0.2, -0.15) is 0 Å². The van der Waals surface area contributed by atoms with E-state index in [2.05, 4.69) is 5.32 Å². The Morgan fingerprint density at radius 1 is 1.19 bits per heavy atom. The average molecular weight is 378 g/mol. The Kier molecular flexibility index (Phi) is 7.91. The van der Waals surface area contributed by atoms with Crippen molar-refractivity contribution in [1.29, 1.82) is 0 Å². The number of hydrogen-bond acceptors (Lipinski definition) is 5. The summed E-state index contributed by atoms with van der Waals surface area (Å²) in [6.07, 6.45) is 0.608. The van der Waals surface area contributed by atoms with Gasteiger partial charge in [0.05, 0.1) is 6.54 Å². The fraction of sp³-hybridized carbons (Fsp3) is 0.600. The number of alkyl carbamates (subject to hydrolysis) is 1. The Balaban J connectivity index is 1.81. The summed E-state index contributed by atoms with van der Waals surface area (Å²) in [7, 11) is 0. The second kappa shape index (κ2) is 10.2. The first-order valence-corrected chi connectivity index (χ1v) is 9.37. The molecule has 150 valence electrons. The lowest BCUT2D eigenvalue weighted by Crippen LogP contribution is -2.47. The van der Waals surface area contributed by atoms with Crippen molar-refractivity contribution < 1.29 is 23.8 Å².